The van der Waals surface area contributed by atoms with E-state index in [4.69, 9.17) is 11.6 Å². The van der Waals surface area contributed by atoms with Crippen LogP contribution in [0.1, 0.15) is 16.1 Å². The second-order valence-electron chi connectivity index (χ2n) is 8.27. The molecular formula is C26H17ClF3N5O3S2. The molecule has 3 aromatic carbocycles. The van der Waals surface area contributed by atoms with Gasteiger partial charge in [-0.25, -0.2) is 18.1 Å². The van der Waals surface area contributed by atoms with Crippen LogP contribution in [0.2, 0.25) is 5.02 Å². The van der Waals surface area contributed by atoms with E-state index in [9.17, 15) is 26.4 Å². The van der Waals surface area contributed by atoms with E-state index >= 15 is 0 Å². The lowest BCUT2D eigenvalue weighted by Crippen LogP contribution is -2.14. The first-order chi connectivity index (χ1) is 19.0. The van der Waals surface area contributed by atoms with Gasteiger partial charge >= 0.3 is 6.18 Å². The molecule has 0 aliphatic rings. The Kier molecular flexibility index (Phi) is 7.36. The van der Waals surface area contributed by atoms with Gasteiger partial charge in [-0.05, 0) is 54.6 Å². The number of nitrogens with zero attached hydrogens (tertiary/aromatic N) is 3. The van der Waals surface area contributed by atoms with E-state index < -0.39 is 27.8 Å². The minimum atomic E-state index is -4.67. The molecule has 0 radical (unpaired) electrons. The number of aromatic nitrogens is 3. The predicted octanol–water partition coefficient (Wildman–Crippen LogP) is 6.72. The molecule has 2 heterocycles. The molecule has 0 aliphatic heterocycles. The number of hydrogen-bond donors (Lipinski definition) is 2. The van der Waals surface area contributed by atoms with E-state index in [1.54, 1.807) is 29.6 Å². The number of benzene rings is 3. The summed E-state index contributed by atoms with van der Waals surface area (Å²) >= 11 is 7.35. The molecule has 0 atom stereocenters. The summed E-state index contributed by atoms with van der Waals surface area (Å²) in [6.07, 6.45) is -3.20. The summed E-state index contributed by atoms with van der Waals surface area (Å²) in [7, 11) is -3.85. The van der Waals surface area contributed by atoms with Crippen LogP contribution in [0.15, 0.2) is 95.3 Å². The Balaban J connectivity index is 1.35. The highest BCUT2D eigenvalue weighted by molar-refractivity contribution is 7.93. The van der Waals surface area contributed by atoms with Gasteiger partial charge in [0.1, 0.15) is 0 Å². The number of carbonyl (C=O) groups excluding carboxylic acids is 1. The Morgan fingerprint density at radius 1 is 0.975 bits per heavy atom. The molecule has 40 heavy (non-hydrogen) atoms. The Hall–Kier alpha value is -4.20. The molecule has 0 saturated heterocycles. The zero-order chi connectivity index (χ0) is 28.5. The van der Waals surface area contributed by atoms with Gasteiger partial charge in [-0.3, -0.25) is 9.52 Å². The van der Waals surface area contributed by atoms with Crippen molar-refractivity contribution in [3.8, 4) is 16.9 Å². The van der Waals surface area contributed by atoms with Crippen LogP contribution in [0.4, 0.5) is 24.0 Å². The Bertz CT molecular complexity index is 1770. The van der Waals surface area contributed by atoms with Gasteiger partial charge in [-0.15, -0.1) is 11.3 Å². The second-order valence-corrected chi connectivity index (χ2v) is 11.3. The molecule has 2 N–H and O–H groups in total. The topological polar surface area (TPSA) is 106 Å². The zero-order valence-corrected chi connectivity index (χ0v) is 22.4. The molecule has 0 bridgehead atoms. The van der Waals surface area contributed by atoms with Crippen molar-refractivity contribution in [2.45, 2.75) is 11.1 Å². The second kappa shape index (κ2) is 10.8. The number of nitrogens with one attached hydrogen (secondary N) is 2. The van der Waals surface area contributed by atoms with Crippen LogP contribution < -0.4 is 10.0 Å². The molecular weight excluding hydrogens is 587 g/mol. The maximum atomic E-state index is 13.5. The minimum Gasteiger partial charge on any atom is -0.322 e. The third-order valence-electron chi connectivity index (χ3n) is 5.60. The van der Waals surface area contributed by atoms with Crippen molar-refractivity contribution in [1.29, 1.82) is 0 Å². The Morgan fingerprint density at radius 3 is 2.30 bits per heavy atom. The number of alkyl halides is 3. The molecule has 14 heteroatoms. The summed E-state index contributed by atoms with van der Waals surface area (Å²) in [5.41, 5.74) is 0.261. The summed E-state index contributed by atoms with van der Waals surface area (Å²) in [4.78, 5) is 16.7. The number of thiazole rings is 1. The lowest BCUT2D eigenvalue weighted by molar-refractivity contribution is -0.141. The first-order valence-corrected chi connectivity index (χ1v) is 14.1. The molecule has 0 spiro atoms. The standard InChI is InChI=1S/C26H17ClF3N5O3S2/c27-20-3-1-2-4-21(20)35-22(15-23(33-35)26(28,29)30)16-5-7-17(8-6-16)24(36)32-18-9-11-19(12-10-18)40(37,38)34-25-31-13-14-39-25/h1-15H,(H,31,34)(H,32,36). The minimum absolute atomic E-state index is 0.0154. The SMILES string of the molecule is O=C(Nc1ccc(S(=O)(=O)Nc2nccs2)cc1)c1ccc(-c2cc(C(F)(F)F)nn2-c2ccccc2Cl)cc1. The van der Waals surface area contributed by atoms with Crippen molar-refractivity contribution >= 4 is 49.7 Å². The smallest absolute Gasteiger partial charge is 0.322 e. The number of hydrogen-bond acceptors (Lipinski definition) is 6. The lowest BCUT2D eigenvalue weighted by Gasteiger charge is -2.10. The van der Waals surface area contributed by atoms with Crippen LogP contribution in [0.25, 0.3) is 16.9 Å². The fraction of sp³-hybridized carbons (Fsp3) is 0.0385. The summed E-state index contributed by atoms with van der Waals surface area (Å²) in [5, 5.41) is 8.47. The number of sulfonamides is 1. The number of rotatable bonds is 7. The summed E-state index contributed by atoms with van der Waals surface area (Å²) in [6, 6.07) is 18.7. The van der Waals surface area contributed by atoms with E-state index in [1.165, 1.54) is 54.7 Å². The summed E-state index contributed by atoms with van der Waals surface area (Å²) in [5.74, 6) is -0.501. The van der Waals surface area contributed by atoms with Crippen molar-refractivity contribution in [1.82, 2.24) is 14.8 Å². The third kappa shape index (κ3) is 5.86. The van der Waals surface area contributed by atoms with Crippen molar-refractivity contribution in [2.75, 3.05) is 10.0 Å². The van der Waals surface area contributed by atoms with Gasteiger partial charge in [-0.1, -0.05) is 35.9 Å². The summed E-state index contributed by atoms with van der Waals surface area (Å²) < 4.78 is 68.8. The lowest BCUT2D eigenvalue weighted by atomic mass is 10.1. The van der Waals surface area contributed by atoms with Gasteiger partial charge in [0.2, 0.25) is 0 Å². The monoisotopic (exact) mass is 603 g/mol. The average Bonchev–Trinajstić information content (AvgIpc) is 3.59. The number of anilines is 2. The molecule has 0 fully saturated rings. The van der Waals surface area contributed by atoms with Crippen LogP contribution >= 0.6 is 22.9 Å². The normalized spacial score (nSPS) is 11.8. The largest absolute Gasteiger partial charge is 0.435 e. The average molecular weight is 604 g/mol. The van der Waals surface area contributed by atoms with E-state index in [0.29, 0.717) is 11.3 Å². The van der Waals surface area contributed by atoms with E-state index in [2.05, 4.69) is 20.1 Å². The molecule has 8 nitrogen and oxygen atoms in total. The van der Waals surface area contributed by atoms with Gasteiger partial charge in [-0.2, -0.15) is 18.3 Å². The molecule has 1 amide bonds. The fourth-order valence-electron chi connectivity index (χ4n) is 3.69. The maximum absolute atomic E-state index is 13.5. The number of carbonyl (C=O) groups is 1. The van der Waals surface area contributed by atoms with Crippen molar-refractivity contribution < 1.29 is 26.4 Å². The highest BCUT2D eigenvalue weighted by Crippen LogP contribution is 2.34. The first-order valence-electron chi connectivity index (χ1n) is 11.4. The number of amides is 1. The first kappa shape index (κ1) is 27.4. The Labute approximate surface area is 235 Å². The van der Waals surface area contributed by atoms with Gasteiger partial charge in [0, 0.05) is 28.4 Å². The summed E-state index contributed by atoms with van der Waals surface area (Å²) in [6.45, 7) is 0. The molecule has 204 valence electrons. The van der Waals surface area contributed by atoms with Crippen LogP contribution in [-0.4, -0.2) is 29.1 Å². The van der Waals surface area contributed by atoms with Crippen LogP contribution in [0, 0.1) is 0 Å². The van der Waals surface area contributed by atoms with Crippen molar-refractivity contribution in [3.05, 3.63) is 107 Å². The van der Waals surface area contributed by atoms with Crippen LogP contribution in [0.3, 0.4) is 0 Å². The van der Waals surface area contributed by atoms with Crippen LogP contribution in [-0.2, 0) is 16.2 Å². The van der Waals surface area contributed by atoms with Crippen molar-refractivity contribution in [2.24, 2.45) is 0 Å². The quantitative estimate of drug-likeness (QED) is 0.215. The Morgan fingerprint density at radius 2 is 1.68 bits per heavy atom. The molecule has 2 aromatic heterocycles. The molecule has 0 saturated carbocycles. The van der Waals surface area contributed by atoms with Gasteiger partial charge in [0.05, 0.1) is 21.3 Å². The predicted molar refractivity (Wildman–Crippen MR) is 146 cm³/mol. The molecule has 5 rings (SSSR count). The van der Waals surface area contributed by atoms with Crippen molar-refractivity contribution in [3.63, 3.8) is 0 Å². The highest BCUT2D eigenvalue weighted by Gasteiger charge is 2.35. The van der Waals surface area contributed by atoms with Crippen LogP contribution in [0.5, 0.6) is 0 Å². The maximum Gasteiger partial charge on any atom is 0.435 e. The number of para-hydroxylation sites is 1. The van der Waals surface area contributed by atoms with E-state index in [0.717, 1.165) is 22.1 Å². The zero-order valence-electron chi connectivity index (χ0n) is 20.1. The van der Waals surface area contributed by atoms with E-state index in [-0.39, 0.29) is 32.0 Å². The van der Waals surface area contributed by atoms with Gasteiger partial charge in [0.25, 0.3) is 15.9 Å². The number of halogens is 4. The molecule has 0 aliphatic carbocycles. The van der Waals surface area contributed by atoms with Gasteiger partial charge in [0.15, 0.2) is 10.8 Å². The highest BCUT2D eigenvalue weighted by atomic mass is 35.5. The third-order valence-corrected chi connectivity index (χ3v) is 8.09. The fourth-order valence-corrected chi connectivity index (χ4v) is 5.70. The van der Waals surface area contributed by atoms with Gasteiger partial charge < -0.3 is 5.32 Å². The molecule has 0 unspecified atom stereocenters. The van der Waals surface area contributed by atoms with E-state index in [1.807, 2.05) is 0 Å². The molecule has 5 aromatic rings.